The molecule has 0 saturated heterocycles. The fourth-order valence-electron chi connectivity index (χ4n) is 1.78. The third kappa shape index (κ3) is 6.41. The molecular formula is C18H25IO4. The van der Waals surface area contributed by atoms with Crippen molar-refractivity contribution < 1.29 is 19.0 Å². The van der Waals surface area contributed by atoms with Crippen molar-refractivity contribution in [2.75, 3.05) is 13.2 Å². The maximum Gasteiger partial charge on any atom is 0.309 e. The van der Waals surface area contributed by atoms with Crippen molar-refractivity contribution in [2.24, 2.45) is 0 Å². The van der Waals surface area contributed by atoms with E-state index in [0.29, 0.717) is 18.1 Å². The summed E-state index contributed by atoms with van der Waals surface area (Å²) in [5.41, 5.74) is 0.530. The topological polar surface area (TPSA) is 44.8 Å². The Labute approximate surface area is 152 Å². The van der Waals surface area contributed by atoms with Crippen molar-refractivity contribution in [1.29, 1.82) is 0 Å². The third-order valence-corrected chi connectivity index (χ3v) is 4.16. The molecule has 0 fully saturated rings. The van der Waals surface area contributed by atoms with E-state index >= 15 is 0 Å². The number of hydrogen-bond acceptors (Lipinski definition) is 4. The standard InChI is InChI=1S/C18H25IO4/c1-6-13-11-14(19)17(15(12-13)21-8-3)22-10-9-16(20)23-18(4,5)7-2/h6,11-12H,1,7-10H2,2-5H3. The van der Waals surface area contributed by atoms with Crippen LogP contribution in [0.5, 0.6) is 11.5 Å². The average molecular weight is 432 g/mol. The predicted molar refractivity (Wildman–Crippen MR) is 101 cm³/mol. The van der Waals surface area contributed by atoms with Crippen LogP contribution < -0.4 is 9.47 Å². The normalized spacial score (nSPS) is 11.0. The van der Waals surface area contributed by atoms with Gasteiger partial charge in [-0.15, -0.1) is 0 Å². The Hall–Kier alpha value is -1.24. The number of hydrogen-bond donors (Lipinski definition) is 0. The molecule has 0 heterocycles. The van der Waals surface area contributed by atoms with E-state index in [1.165, 1.54) is 0 Å². The van der Waals surface area contributed by atoms with Crippen LogP contribution in [0.1, 0.15) is 46.1 Å². The highest BCUT2D eigenvalue weighted by atomic mass is 127. The van der Waals surface area contributed by atoms with E-state index in [9.17, 15) is 4.79 Å². The molecule has 1 aromatic carbocycles. The second kappa shape index (κ2) is 9.15. The SMILES string of the molecule is C=Cc1cc(I)c(OCCC(=O)OC(C)(C)CC)c(OCC)c1. The highest BCUT2D eigenvalue weighted by Crippen LogP contribution is 2.34. The van der Waals surface area contributed by atoms with E-state index < -0.39 is 5.60 Å². The van der Waals surface area contributed by atoms with Crippen LogP contribution >= 0.6 is 22.6 Å². The predicted octanol–water partition coefficient (Wildman–Crippen LogP) is 4.83. The molecule has 0 atom stereocenters. The van der Waals surface area contributed by atoms with Gasteiger partial charge in [-0.3, -0.25) is 4.79 Å². The molecule has 0 aliphatic carbocycles. The van der Waals surface area contributed by atoms with Crippen LogP contribution in [0.4, 0.5) is 0 Å². The van der Waals surface area contributed by atoms with Gasteiger partial charge in [0.2, 0.25) is 0 Å². The van der Waals surface area contributed by atoms with Gasteiger partial charge in [0.1, 0.15) is 5.60 Å². The maximum atomic E-state index is 11.9. The molecule has 0 radical (unpaired) electrons. The molecule has 0 unspecified atom stereocenters. The maximum absolute atomic E-state index is 11.9. The minimum absolute atomic E-state index is 0.203. The number of benzene rings is 1. The summed E-state index contributed by atoms with van der Waals surface area (Å²) < 4.78 is 17.7. The minimum Gasteiger partial charge on any atom is -0.490 e. The van der Waals surface area contributed by atoms with E-state index in [0.717, 1.165) is 15.6 Å². The first-order valence-corrected chi connectivity index (χ1v) is 8.84. The minimum atomic E-state index is -0.437. The van der Waals surface area contributed by atoms with Crippen molar-refractivity contribution in [3.63, 3.8) is 0 Å². The molecule has 0 saturated carbocycles. The molecule has 0 bridgehead atoms. The fraction of sp³-hybridized carbons (Fsp3) is 0.500. The van der Waals surface area contributed by atoms with E-state index in [1.54, 1.807) is 6.08 Å². The smallest absolute Gasteiger partial charge is 0.309 e. The number of rotatable bonds is 9. The summed E-state index contributed by atoms with van der Waals surface area (Å²) in [6.07, 6.45) is 2.74. The molecule has 0 amide bonds. The zero-order valence-electron chi connectivity index (χ0n) is 14.3. The van der Waals surface area contributed by atoms with Crippen molar-refractivity contribution in [1.82, 2.24) is 0 Å². The summed E-state index contributed by atoms with van der Waals surface area (Å²) in [6.45, 7) is 12.3. The van der Waals surface area contributed by atoms with Crippen LogP contribution in [0.3, 0.4) is 0 Å². The van der Waals surface area contributed by atoms with Gasteiger partial charge in [-0.1, -0.05) is 19.6 Å². The molecule has 23 heavy (non-hydrogen) atoms. The fourth-order valence-corrected chi connectivity index (χ4v) is 2.56. The van der Waals surface area contributed by atoms with Crippen molar-refractivity contribution in [3.8, 4) is 11.5 Å². The Morgan fingerprint density at radius 1 is 1.30 bits per heavy atom. The molecule has 5 heteroatoms. The highest BCUT2D eigenvalue weighted by molar-refractivity contribution is 14.1. The summed E-state index contributed by atoms with van der Waals surface area (Å²) in [7, 11) is 0. The first-order valence-electron chi connectivity index (χ1n) is 7.76. The van der Waals surface area contributed by atoms with Crippen LogP contribution in [0, 0.1) is 3.57 Å². The number of carbonyl (C=O) groups is 1. The quantitative estimate of drug-likeness (QED) is 0.414. The van der Waals surface area contributed by atoms with Gasteiger partial charge in [0, 0.05) is 0 Å². The third-order valence-electron chi connectivity index (χ3n) is 3.36. The molecule has 1 aromatic rings. The van der Waals surface area contributed by atoms with Crippen LogP contribution in [0.25, 0.3) is 6.08 Å². The van der Waals surface area contributed by atoms with E-state index in [-0.39, 0.29) is 19.0 Å². The number of ether oxygens (including phenoxy) is 3. The van der Waals surface area contributed by atoms with Crippen molar-refractivity contribution in [2.45, 2.75) is 46.1 Å². The molecule has 0 aliphatic heterocycles. The number of halogens is 1. The lowest BCUT2D eigenvalue weighted by atomic mass is 10.1. The summed E-state index contributed by atoms with van der Waals surface area (Å²) in [6, 6.07) is 3.84. The highest BCUT2D eigenvalue weighted by Gasteiger charge is 2.20. The first-order chi connectivity index (χ1) is 10.8. The molecule has 0 spiro atoms. The van der Waals surface area contributed by atoms with Gasteiger partial charge in [-0.05, 0) is 67.5 Å². The Bertz CT molecular complexity index is 552. The Morgan fingerprint density at radius 3 is 2.57 bits per heavy atom. The van der Waals surface area contributed by atoms with Gasteiger partial charge < -0.3 is 14.2 Å². The molecule has 1 rings (SSSR count). The number of esters is 1. The zero-order chi connectivity index (χ0) is 17.5. The summed E-state index contributed by atoms with van der Waals surface area (Å²) in [5, 5.41) is 0. The monoisotopic (exact) mass is 432 g/mol. The van der Waals surface area contributed by atoms with Gasteiger partial charge in [0.25, 0.3) is 0 Å². The Balaban J connectivity index is 2.70. The molecule has 0 aliphatic rings. The van der Waals surface area contributed by atoms with Crippen LogP contribution in [0.2, 0.25) is 0 Å². The first kappa shape index (κ1) is 19.8. The molecule has 0 aromatic heterocycles. The second-order valence-electron chi connectivity index (χ2n) is 5.65. The zero-order valence-corrected chi connectivity index (χ0v) is 16.4. The Kier molecular flexibility index (Phi) is 7.88. The van der Waals surface area contributed by atoms with Crippen LogP contribution in [-0.2, 0) is 9.53 Å². The van der Waals surface area contributed by atoms with Gasteiger partial charge in [-0.25, -0.2) is 0 Å². The summed E-state index contributed by atoms with van der Waals surface area (Å²) >= 11 is 2.19. The van der Waals surface area contributed by atoms with Crippen LogP contribution in [-0.4, -0.2) is 24.8 Å². The van der Waals surface area contributed by atoms with Gasteiger partial charge in [0.15, 0.2) is 11.5 Å². The second-order valence-corrected chi connectivity index (χ2v) is 6.82. The number of carbonyl (C=O) groups excluding carboxylic acids is 1. The lowest BCUT2D eigenvalue weighted by Crippen LogP contribution is -2.27. The van der Waals surface area contributed by atoms with Crippen molar-refractivity contribution in [3.05, 3.63) is 27.8 Å². The molecule has 128 valence electrons. The molecular weight excluding hydrogens is 407 g/mol. The molecule has 4 nitrogen and oxygen atoms in total. The van der Waals surface area contributed by atoms with E-state index in [1.807, 2.05) is 39.8 Å². The largest absolute Gasteiger partial charge is 0.490 e. The van der Waals surface area contributed by atoms with Gasteiger partial charge >= 0.3 is 5.97 Å². The average Bonchev–Trinajstić information content (AvgIpc) is 2.49. The lowest BCUT2D eigenvalue weighted by Gasteiger charge is -2.23. The van der Waals surface area contributed by atoms with Gasteiger partial charge in [0.05, 0.1) is 23.2 Å². The van der Waals surface area contributed by atoms with E-state index in [2.05, 4.69) is 29.2 Å². The Morgan fingerprint density at radius 2 is 2.00 bits per heavy atom. The van der Waals surface area contributed by atoms with Crippen LogP contribution in [0.15, 0.2) is 18.7 Å². The summed E-state index contributed by atoms with van der Waals surface area (Å²) in [4.78, 5) is 11.9. The molecule has 0 N–H and O–H groups in total. The summed E-state index contributed by atoms with van der Waals surface area (Å²) in [5.74, 6) is 1.06. The van der Waals surface area contributed by atoms with Crippen molar-refractivity contribution >= 4 is 34.6 Å². The lowest BCUT2D eigenvalue weighted by molar-refractivity contribution is -0.157. The van der Waals surface area contributed by atoms with Gasteiger partial charge in [-0.2, -0.15) is 0 Å². The van der Waals surface area contributed by atoms with E-state index in [4.69, 9.17) is 14.2 Å².